The quantitative estimate of drug-likeness (QED) is 0.868. The van der Waals surface area contributed by atoms with Crippen molar-refractivity contribution in [1.82, 2.24) is 10.3 Å². The Balaban J connectivity index is 2.16. The number of hydrogen-bond donors (Lipinski definition) is 2. The van der Waals surface area contributed by atoms with Crippen molar-refractivity contribution in [2.75, 3.05) is 0 Å². The largest absolute Gasteiger partial charge is 0.481 e. The highest BCUT2D eigenvalue weighted by atomic mass is 16.4. The second-order valence-electron chi connectivity index (χ2n) is 5.18. The number of amides is 1. The lowest BCUT2D eigenvalue weighted by molar-refractivity contribution is -0.138. The lowest BCUT2D eigenvalue weighted by atomic mass is 9.93. The highest BCUT2D eigenvalue weighted by molar-refractivity contribution is 5.94. The van der Waals surface area contributed by atoms with Gasteiger partial charge in [-0.05, 0) is 31.4 Å². The fourth-order valence-corrected chi connectivity index (χ4v) is 2.71. The molecule has 0 saturated heterocycles. The number of nitrogens with one attached hydrogen (secondary N) is 1. The average molecular weight is 262 g/mol. The first-order valence-electron chi connectivity index (χ1n) is 6.48. The van der Waals surface area contributed by atoms with Crippen molar-refractivity contribution < 1.29 is 14.7 Å². The van der Waals surface area contributed by atoms with Crippen molar-refractivity contribution in [3.63, 3.8) is 0 Å². The predicted molar refractivity (Wildman–Crippen MR) is 69.9 cm³/mol. The Morgan fingerprint density at radius 2 is 2.11 bits per heavy atom. The highest BCUT2D eigenvalue weighted by Crippen LogP contribution is 2.33. The minimum Gasteiger partial charge on any atom is -0.481 e. The normalized spacial score (nSPS) is 17.1. The van der Waals surface area contributed by atoms with Gasteiger partial charge < -0.3 is 10.4 Å². The summed E-state index contributed by atoms with van der Waals surface area (Å²) in [5.41, 5.74) is 0.565. The van der Waals surface area contributed by atoms with Crippen LogP contribution in [-0.2, 0) is 4.79 Å². The molecule has 2 rings (SSSR count). The first-order chi connectivity index (χ1) is 9.02. The molecule has 1 heterocycles. The zero-order valence-corrected chi connectivity index (χ0v) is 11.0. The van der Waals surface area contributed by atoms with Crippen LogP contribution < -0.4 is 5.32 Å². The zero-order valence-electron chi connectivity index (χ0n) is 11.0. The minimum atomic E-state index is -0.875. The van der Waals surface area contributed by atoms with Gasteiger partial charge in [0, 0.05) is 6.20 Å². The van der Waals surface area contributed by atoms with Crippen molar-refractivity contribution in [2.45, 2.75) is 44.6 Å². The Morgan fingerprint density at radius 1 is 1.42 bits per heavy atom. The molecule has 2 N–H and O–H groups in total. The molecule has 1 amide bonds. The number of carboxylic acid groups (broad SMARTS) is 1. The van der Waals surface area contributed by atoms with E-state index in [0.717, 1.165) is 31.2 Å². The standard InChI is InChI=1S/C14H18N2O3/c1-10-5-4-8-15-12(10)13(19)16-14(9-11(17)18)6-2-3-7-14/h4-5,8H,2-3,6-7,9H2,1H3,(H,16,19)(H,17,18). The molecule has 0 unspecified atom stereocenters. The summed E-state index contributed by atoms with van der Waals surface area (Å²) in [7, 11) is 0. The third kappa shape index (κ3) is 3.10. The average Bonchev–Trinajstić information content (AvgIpc) is 2.76. The van der Waals surface area contributed by atoms with E-state index in [1.165, 1.54) is 0 Å². The smallest absolute Gasteiger partial charge is 0.305 e. The number of carbonyl (C=O) groups is 2. The Hall–Kier alpha value is -1.91. The molecule has 0 aromatic carbocycles. The molecule has 102 valence electrons. The van der Waals surface area contributed by atoms with Gasteiger partial charge in [0.2, 0.25) is 0 Å². The summed E-state index contributed by atoms with van der Waals surface area (Å²) in [6.07, 6.45) is 4.89. The molecule has 0 atom stereocenters. The molecule has 0 aliphatic heterocycles. The van der Waals surface area contributed by atoms with E-state index in [9.17, 15) is 9.59 Å². The summed E-state index contributed by atoms with van der Waals surface area (Å²) in [6, 6.07) is 3.59. The number of aliphatic carboxylic acids is 1. The molecule has 0 spiro atoms. The number of aromatic nitrogens is 1. The van der Waals surface area contributed by atoms with Crippen LogP contribution in [-0.4, -0.2) is 27.5 Å². The lowest BCUT2D eigenvalue weighted by Gasteiger charge is -2.28. The van der Waals surface area contributed by atoms with Gasteiger partial charge in [0.1, 0.15) is 5.69 Å². The molecule has 19 heavy (non-hydrogen) atoms. The van der Waals surface area contributed by atoms with E-state index in [1.807, 2.05) is 13.0 Å². The summed E-state index contributed by atoms with van der Waals surface area (Å²) in [5, 5.41) is 11.9. The van der Waals surface area contributed by atoms with Crippen molar-refractivity contribution in [2.24, 2.45) is 0 Å². The molecule has 1 aromatic rings. The summed E-state index contributed by atoms with van der Waals surface area (Å²) in [6.45, 7) is 1.82. The summed E-state index contributed by atoms with van der Waals surface area (Å²) in [5.74, 6) is -1.15. The molecule has 5 heteroatoms. The van der Waals surface area contributed by atoms with Gasteiger partial charge in [-0.25, -0.2) is 0 Å². The van der Waals surface area contributed by atoms with Gasteiger partial charge in [-0.3, -0.25) is 14.6 Å². The van der Waals surface area contributed by atoms with Gasteiger partial charge >= 0.3 is 5.97 Å². The van der Waals surface area contributed by atoms with Crippen molar-refractivity contribution in [1.29, 1.82) is 0 Å². The molecule has 1 aliphatic carbocycles. The number of pyridine rings is 1. The number of carboxylic acids is 1. The van der Waals surface area contributed by atoms with Crippen LogP contribution >= 0.6 is 0 Å². The Bertz CT molecular complexity index is 493. The van der Waals surface area contributed by atoms with Crippen LogP contribution in [0.3, 0.4) is 0 Å². The number of rotatable bonds is 4. The van der Waals surface area contributed by atoms with E-state index in [2.05, 4.69) is 10.3 Å². The van der Waals surface area contributed by atoms with E-state index >= 15 is 0 Å². The summed E-state index contributed by atoms with van der Waals surface area (Å²) < 4.78 is 0. The summed E-state index contributed by atoms with van der Waals surface area (Å²) >= 11 is 0. The Labute approximate surface area is 112 Å². The lowest BCUT2D eigenvalue weighted by Crippen LogP contribution is -2.48. The molecular weight excluding hydrogens is 244 g/mol. The fourth-order valence-electron chi connectivity index (χ4n) is 2.71. The van der Waals surface area contributed by atoms with Crippen LogP contribution in [0.25, 0.3) is 0 Å². The third-order valence-electron chi connectivity index (χ3n) is 3.65. The van der Waals surface area contributed by atoms with Gasteiger partial charge in [0.15, 0.2) is 0 Å². The number of carbonyl (C=O) groups excluding carboxylic acids is 1. The fraction of sp³-hybridized carbons (Fsp3) is 0.500. The number of aryl methyl sites for hydroxylation is 1. The topological polar surface area (TPSA) is 79.3 Å². The maximum atomic E-state index is 12.2. The molecule has 1 aromatic heterocycles. The molecule has 1 fully saturated rings. The SMILES string of the molecule is Cc1cccnc1C(=O)NC1(CC(=O)O)CCCC1. The molecule has 1 saturated carbocycles. The highest BCUT2D eigenvalue weighted by Gasteiger charge is 2.37. The third-order valence-corrected chi connectivity index (χ3v) is 3.65. The van der Waals surface area contributed by atoms with Crippen LogP contribution in [0.5, 0.6) is 0 Å². The van der Waals surface area contributed by atoms with Gasteiger partial charge in [-0.1, -0.05) is 18.9 Å². The van der Waals surface area contributed by atoms with E-state index in [0.29, 0.717) is 5.69 Å². The number of nitrogens with zero attached hydrogens (tertiary/aromatic N) is 1. The Morgan fingerprint density at radius 3 is 2.68 bits per heavy atom. The van der Waals surface area contributed by atoms with Crippen molar-refractivity contribution in [3.05, 3.63) is 29.6 Å². The second kappa shape index (κ2) is 5.38. The van der Waals surface area contributed by atoms with Crippen molar-refractivity contribution >= 4 is 11.9 Å². The van der Waals surface area contributed by atoms with Gasteiger partial charge in [0.05, 0.1) is 12.0 Å². The summed E-state index contributed by atoms with van der Waals surface area (Å²) in [4.78, 5) is 27.3. The van der Waals surface area contributed by atoms with Crippen LogP contribution in [0.2, 0.25) is 0 Å². The van der Waals surface area contributed by atoms with Crippen LogP contribution in [0.4, 0.5) is 0 Å². The predicted octanol–water partition coefficient (Wildman–Crippen LogP) is 1.91. The molecular formula is C14H18N2O3. The van der Waals surface area contributed by atoms with Gasteiger partial charge in [-0.15, -0.1) is 0 Å². The first kappa shape index (κ1) is 13.5. The van der Waals surface area contributed by atoms with E-state index in [-0.39, 0.29) is 12.3 Å². The second-order valence-corrected chi connectivity index (χ2v) is 5.18. The van der Waals surface area contributed by atoms with E-state index in [4.69, 9.17) is 5.11 Å². The first-order valence-corrected chi connectivity index (χ1v) is 6.48. The van der Waals surface area contributed by atoms with Gasteiger partial charge in [-0.2, -0.15) is 0 Å². The van der Waals surface area contributed by atoms with E-state index in [1.54, 1.807) is 12.3 Å². The maximum Gasteiger partial charge on any atom is 0.305 e. The van der Waals surface area contributed by atoms with Crippen LogP contribution in [0.1, 0.15) is 48.2 Å². The van der Waals surface area contributed by atoms with Crippen molar-refractivity contribution in [3.8, 4) is 0 Å². The molecule has 1 aliphatic rings. The maximum absolute atomic E-state index is 12.2. The van der Waals surface area contributed by atoms with E-state index < -0.39 is 11.5 Å². The molecule has 5 nitrogen and oxygen atoms in total. The minimum absolute atomic E-state index is 0.0232. The van der Waals surface area contributed by atoms with Gasteiger partial charge in [0.25, 0.3) is 5.91 Å². The van der Waals surface area contributed by atoms with Crippen LogP contribution in [0.15, 0.2) is 18.3 Å². The van der Waals surface area contributed by atoms with Crippen LogP contribution in [0, 0.1) is 6.92 Å². The monoisotopic (exact) mass is 262 g/mol. The zero-order chi connectivity index (χ0) is 13.9. The molecule has 0 bridgehead atoms. The molecule has 0 radical (unpaired) electrons. The Kier molecular flexibility index (Phi) is 3.83. The number of hydrogen-bond acceptors (Lipinski definition) is 3.